The first kappa shape index (κ1) is 12.8. The second-order valence-electron chi connectivity index (χ2n) is 4.24. The third-order valence-corrected chi connectivity index (χ3v) is 3.01. The van der Waals surface area contributed by atoms with E-state index in [0.717, 1.165) is 25.1 Å². The van der Waals surface area contributed by atoms with Gasteiger partial charge in [0.05, 0.1) is 6.33 Å². The summed E-state index contributed by atoms with van der Waals surface area (Å²) in [5.74, 6) is -0.139. The van der Waals surface area contributed by atoms with Crippen LogP contribution in [0.4, 0.5) is 4.39 Å². The minimum atomic E-state index is -0.139. The summed E-state index contributed by atoms with van der Waals surface area (Å²) in [5, 5.41) is 3.38. The molecule has 96 valence electrons. The molecule has 0 aliphatic heterocycles. The molecule has 0 aliphatic carbocycles. The van der Waals surface area contributed by atoms with Crippen LogP contribution in [0.5, 0.6) is 0 Å². The van der Waals surface area contributed by atoms with Crippen LogP contribution in [0.1, 0.15) is 24.9 Å². The summed E-state index contributed by atoms with van der Waals surface area (Å²) in [5.41, 5.74) is 0.741. The van der Waals surface area contributed by atoms with Gasteiger partial charge in [0.1, 0.15) is 5.82 Å². The van der Waals surface area contributed by atoms with Crippen molar-refractivity contribution < 1.29 is 4.39 Å². The first-order chi connectivity index (χ1) is 8.81. The molecule has 1 aromatic heterocycles. The number of hydrogen-bond acceptors (Lipinski definition) is 2. The van der Waals surface area contributed by atoms with Crippen LogP contribution in [0.2, 0.25) is 0 Å². The van der Waals surface area contributed by atoms with Gasteiger partial charge in [-0.2, -0.15) is 0 Å². The monoisotopic (exact) mass is 247 g/mol. The Morgan fingerprint density at radius 1 is 1.39 bits per heavy atom. The maximum absolute atomic E-state index is 13.7. The highest BCUT2D eigenvalue weighted by Gasteiger charge is 2.12. The van der Waals surface area contributed by atoms with Gasteiger partial charge in [-0.25, -0.2) is 9.37 Å². The molecule has 3 nitrogen and oxygen atoms in total. The van der Waals surface area contributed by atoms with Crippen molar-refractivity contribution in [3.63, 3.8) is 0 Å². The second kappa shape index (κ2) is 6.31. The van der Waals surface area contributed by atoms with Gasteiger partial charge in [0.25, 0.3) is 0 Å². The zero-order valence-corrected chi connectivity index (χ0v) is 10.5. The van der Waals surface area contributed by atoms with Crippen molar-refractivity contribution in [2.75, 3.05) is 6.54 Å². The molecule has 4 heteroatoms. The SMILES string of the molecule is CC[C@@H](NCCn1ccnc1)c1ccccc1F. The van der Waals surface area contributed by atoms with Gasteiger partial charge in [0.15, 0.2) is 0 Å². The number of aromatic nitrogens is 2. The summed E-state index contributed by atoms with van der Waals surface area (Å²) < 4.78 is 15.7. The Balaban J connectivity index is 1.91. The number of benzene rings is 1. The molecular formula is C14H18FN3. The zero-order chi connectivity index (χ0) is 12.8. The highest BCUT2D eigenvalue weighted by atomic mass is 19.1. The summed E-state index contributed by atoms with van der Waals surface area (Å²) >= 11 is 0. The lowest BCUT2D eigenvalue weighted by molar-refractivity contribution is 0.470. The lowest BCUT2D eigenvalue weighted by Gasteiger charge is -2.18. The lowest BCUT2D eigenvalue weighted by atomic mass is 10.0. The van der Waals surface area contributed by atoms with E-state index in [1.54, 1.807) is 18.6 Å². The van der Waals surface area contributed by atoms with Gasteiger partial charge in [-0.05, 0) is 12.5 Å². The van der Waals surface area contributed by atoms with Gasteiger partial charge in [-0.15, -0.1) is 0 Å². The first-order valence-corrected chi connectivity index (χ1v) is 6.24. The summed E-state index contributed by atoms with van der Waals surface area (Å²) in [4.78, 5) is 3.99. The third kappa shape index (κ3) is 3.17. The van der Waals surface area contributed by atoms with Crippen LogP contribution in [0, 0.1) is 5.82 Å². The fraction of sp³-hybridized carbons (Fsp3) is 0.357. The number of halogens is 1. The number of imidazole rings is 1. The molecule has 2 rings (SSSR count). The highest BCUT2D eigenvalue weighted by Crippen LogP contribution is 2.19. The number of nitrogens with one attached hydrogen (secondary N) is 1. The molecule has 0 amide bonds. The third-order valence-electron chi connectivity index (χ3n) is 3.01. The molecule has 0 fully saturated rings. The van der Waals surface area contributed by atoms with Crippen molar-refractivity contribution in [2.45, 2.75) is 25.9 Å². The molecule has 1 N–H and O–H groups in total. The topological polar surface area (TPSA) is 29.9 Å². The van der Waals surface area contributed by atoms with Crippen molar-refractivity contribution in [3.05, 3.63) is 54.4 Å². The maximum Gasteiger partial charge on any atom is 0.127 e. The first-order valence-electron chi connectivity index (χ1n) is 6.24. The number of nitrogens with zero attached hydrogens (tertiary/aromatic N) is 2. The molecule has 0 unspecified atom stereocenters. The molecule has 0 saturated heterocycles. The van der Waals surface area contributed by atoms with E-state index >= 15 is 0 Å². The average molecular weight is 247 g/mol. The Morgan fingerprint density at radius 2 is 2.22 bits per heavy atom. The molecule has 0 aliphatic rings. The minimum absolute atomic E-state index is 0.0646. The lowest BCUT2D eigenvalue weighted by Crippen LogP contribution is -2.25. The van der Waals surface area contributed by atoms with Crippen LogP contribution in [0.25, 0.3) is 0 Å². The fourth-order valence-corrected chi connectivity index (χ4v) is 2.02. The normalized spacial score (nSPS) is 12.6. The Hall–Kier alpha value is -1.68. The van der Waals surface area contributed by atoms with Gasteiger partial charge < -0.3 is 9.88 Å². The van der Waals surface area contributed by atoms with Crippen LogP contribution >= 0.6 is 0 Å². The zero-order valence-electron chi connectivity index (χ0n) is 10.5. The molecule has 18 heavy (non-hydrogen) atoms. The van der Waals surface area contributed by atoms with Gasteiger partial charge >= 0.3 is 0 Å². The Bertz CT molecular complexity index is 468. The van der Waals surface area contributed by atoms with E-state index in [-0.39, 0.29) is 11.9 Å². The van der Waals surface area contributed by atoms with E-state index < -0.39 is 0 Å². The van der Waals surface area contributed by atoms with Crippen LogP contribution in [-0.4, -0.2) is 16.1 Å². The predicted molar refractivity (Wildman–Crippen MR) is 69.7 cm³/mol. The highest BCUT2D eigenvalue weighted by molar-refractivity contribution is 5.21. The van der Waals surface area contributed by atoms with Crippen LogP contribution in [0.15, 0.2) is 43.0 Å². The number of rotatable bonds is 6. The van der Waals surface area contributed by atoms with Crippen LogP contribution in [0.3, 0.4) is 0 Å². The van der Waals surface area contributed by atoms with Crippen molar-refractivity contribution in [1.29, 1.82) is 0 Å². The molecule has 0 spiro atoms. The maximum atomic E-state index is 13.7. The van der Waals surface area contributed by atoms with Crippen molar-refractivity contribution in [1.82, 2.24) is 14.9 Å². The van der Waals surface area contributed by atoms with Crippen LogP contribution < -0.4 is 5.32 Å². The van der Waals surface area contributed by atoms with E-state index in [0.29, 0.717) is 0 Å². The van der Waals surface area contributed by atoms with Gasteiger partial charge in [0, 0.05) is 37.1 Å². The quantitative estimate of drug-likeness (QED) is 0.850. The molecule has 1 atom stereocenters. The van der Waals surface area contributed by atoms with Gasteiger partial charge in [-0.3, -0.25) is 0 Å². The molecule has 0 bridgehead atoms. The molecular weight excluding hydrogens is 229 g/mol. The summed E-state index contributed by atoms with van der Waals surface area (Å²) in [6.07, 6.45) is 6.33. The Kier molecular flexibility index (Phi) is 4.47. The van der Waals surface area contributed by atoms with Gasteiger partial charge in [-0.1, -0.05) is 25.1 Å². The Labute approximate surface area is 107 Å². The smallest absolute Gasteiger partial charge is 0.127 e. The minimum Gasteiger partial charge on any atom is -0.336 e. The van der Waals surface area contributed by atoms with Crippen molar-refractivity contribution in [3.8, 4) is 0 Å². The summed E-state index contributed by atoms with van der Waals surface area (Å²) in [6, 6.07) is 7.01. The predicted octanol–water partition coefficient (Wildman–Crippen LogP) is 2.76. The second-order valence-corrected chi connectivity index (χ2v) is 4.24. The molecule has 2 aromatic rings. The molecule has 0 saturated carbocycles. The largest absolute Gasteiger partial charge is 0.336 e. The van der Waals surface area contributed by atoms with Crippen molar-refractivity contribution >= 4 is 0 Å². The van der Waals surface area contributed by atoms with Gasteiger partial charge in [0.2, 0.25) is 0 Å². The van der Waals surface area contributed by atoms with E-state index in [1.165, 1.54) is 6.07 Å². The Morgan fingerprint density at radius 3 is 2.89 bits per heavy atom. The standard InChI is InChI=1S/C14H18FN3/c1-2-14(12-5-3-4-6-13(12)15)17-8-10-18-9-7-16-11-18/h3-7,9,11,14,17H,2,8,10H2,1H3/t14-/m1/s1. The van der Waals surface area contributed by atoms with E-state index in [2.05, 4.69) is 17.2 Å². The summed E-state index contributed by atoms with van der Waals surface area (Å²) in [6.45, 7) is 3.69. The fourth-order valence-electron chi connectivity index (χ4n) is 2.02. The van der Waals surface area contributed by atoms with E-state index in [1.807, 2.05) is 22.9 Å². The van der Waals surface area contributed by atoms with Crippen molar-refractivity contribution in [2.24, 2.45) is 0 Å². The van der Waals surface area contributed by atoms with E-state index in [9.17, 15) is 4.39 Å². The number of hydrogen-bond donors (Lipinski definition) is 1. The summed E-state index contributed by atoms with van der Waals surface area (Å²) in [7, 11) is 0. The van der Waals surface area contributed by atoms with Crippen LogP contribution in [-0.2, 0) is 6.54 Å². The molecule has 1 heterocycles. The molecule has 1 aromatic carbocycles. The average Bonchev–Trinajstić information content (AvgIpc) is 2.89. The molecule has 0 radical (unpaired) electrons. The van der Waals surface area contributed by atoms with E-state index in [4.69, 9.17) is 0 Å².